The van der Waals surface area contributed by atoms with Crippen molar-refractivity contribution >= 4 is 11.8 Å². The Morgan fingerprint density at radius 3 is 2.50 bits per heavy atom. The molecule has 5 heteroatoms. The first-order chi connectivity index (χ1) is 8.54. The van der Waals surface area contributed by atoms with E-state index in [2.05, 4.69) is 12.2 Å². The summed E-state index contributed by atoms with van der Waals surface area (Å²) in [5, 5.41) is 2.54. The fourth-order valence-electron chi connectivity index (χ4n) is 1.77. The summed E-state index contributed by atoms with van der Waals surface area (Å²) >= 11 is 0. The lowest BCUT2D eigenvalue weighted by Crippen LogP contribution is -2.40. The number of likely N-dealkylation sites (N-methyl/N-ethyl adjacent to an activating group) is 1. The van der Waals surface area contributed by atoms with E-state index in [1.54, 1.807) is 11.9 Å². The second-order valence-electron chi connectivity index (χ2n) is 4.71. The first-order valence-corrected chi connectivity index (χ1v) is 6.73. The first-order valence-electron chi connectivity index (χ1n) is 6.73. The molecule has 1 unspecified atom stereocenters. The molecule has 0 aliphatic heterocycles. The SMILES string of the molecule is CCCN(CC(=O)NC)C(=O)CCC(C)CCN. The Labute approximate surface area is 110 Å². The van der Waals surface area contributed by atoms with Crippen LogP contribution < -0.4 is 11.1 Å². The molecule has 0 fully saturated rings. The van der Waals surface area contributed by atoms with E-state index in [0.29, 0.717) is 25.4 Å². The highest BCUT2D eigenvalue weighted by atomic mass is 16.2. The molecule has 0 aliphatic carbocycles. The van der Waals surface area contributed by atoms with Crippen molar-refractivity contribution < 1.29 is 9.59 Å². The predicted octanol–water partition coefficient (Wildman–Crippen LogP) is 0.736. The van der Waals surface area contributed by atoms with Crippen molar-refractivity contribution in [3.8, 4) is 0 Å². The first kappa shape index (κ1) is 16.9. The van der Waals surface area contributed by atoms with Gasteiger partial charge in [0.05, 0.1) is 6.54 Å². The summed E-state index contributed by atoms with van der Waals surface area (Å²) in [5.74, 6) is 0.401. The van der Waals surface area contributed by atoms with Crippen LogP contribution in [-0.4, -0.2) is 43.4 Å². The van der Waals surface area contributed by atoms with E-state index in [0.717, 1.165) is 19.3 Å². The van der Waals surface area contributed by atoms with E-state index in [-0.39, 0.29) is 18.4 Å². The molecule has 0 aromatic rings. The summed E-state index contributed by atoms with van der Waals surface area (Å²) in [4.78, 5) is 25.0. The normalized spacial score (nSPS) is 12.0. The Bertz CT molecular complexity index is 257. The highest BCUT2D eigenvalue weighted by Crippen LogP contribution is 2.10. The molecule has 0 heterocycles. The number of rotatable bonds is 9. The Morgan fingerprint density at radius 2 is 2.00 bits per heavy atom. The van der Waals surface area contributed by atoms with Crippen LogP contribution in [0.5, 0.6) is 0 Å². The minimum atomic E-state index is -0.119. The molecule has 0 rings (SSSR count). The quantitative estimate of drug-likeness (QED) is 0.639. The van der Waals surface area contributed by atoms with Crippen molar-refractivity contribution in [2.45, 2.75) is 39.5 Å². The van der Waals surface area contributed by atoms with Crippen LogP contribution in [0.15, 0.2) is 0 Å². The van der Waals surface area contributed by atoms with Crippen LogP contribution in [0.2, 0.25) is 0 Å². The highest BCUT2D eigenvalue weighted by Gasteiger charge is 2.16. The number of nitrogens with zero attached hydrogens (tertiary/aromatic N) is 1. The van der Waals surface area contributed by atoms with Gasteiger partial charge in [0.15, 0.2) is 0 Å². The molecule has 3 N–H and O–H groups in total. The third kappa shape index (κ3) is 7.27. The summed E-state index contributed by atoms with van der Waals surface area (Å²) < 4.78 is 0. The number of hydrogen-bond donors (Lipinski definition) is 2. The Morgan fingerprint density at radius 1 is 1.33 bits per heavy atom. The van der Waals surface area contributed by atoms with Gasteiger partial charge in [0.2, 0.25) is 11.8 Å². The van der Waals surface area contributed by atoms with E-state index in [1.807, 2.05) is 6.92 Å². The molecule has 0 spiro atoms. The number of nitrogens with one attached hydrogen (secondary N) is 1. The molecule has 0 aromatic heterocycles. The average molecular weight is 257 g/mol. The lowest BCUT2D eigenvalue weighted by molar-refractivity contribution is -0.136. The second-order valence-corrected chi connectivity index (χ2v) is 4.71. The van der Waals surface area contributed by atoms with Gasteiger partial charge in [0.25, 0.3) is 0 Å². The summed E-state index contributed by atoms with van der Waals surface area (Å²) in [5.41, 5.74) is 5.48. The van der Waals surface area contributed by atoms with Crippen LogP contribution in [-0.2, 0) is 9.59 Å². The number of carbonyl (C=O) groups is 2. The van der Waals surface area contributed by atoms with Gasteiger partial charge < -0.3 is 16.0 Å². The topological polar surface area (TPSA) is 75.4 Å². The fourth-order valence-corrected chi connectivity index (χ4v) is 1.77. The molecule has 18 heavy (non-hydrogen) atoms. The van der Waals surface area contributed by atoms with Crippen LogP contribution in [0.25, 0.3) is 0 Å². The third-order valence-corrected chi connectivity index (χ3v) is 2.97. The van der Waals surface area contributed by atoms with Crippen molar-refractivity contribution in [1.29, 1.82) is 0 Å². The third-order valence-electron chi connectivity index (χ3n) is 2.97. The van der Waals surface area contributed by atoms with Crippen molar-refractivity contribution in [3.63, 3.8) is 0 Å². The van der Waals surface area contributed by atoms with Gasteiger partial charge >= 0.3 is 0 Å². The summed E-state index contributed by atoms with van der Waals surface area (Å²) in [6.45, 7) is 5.56. The van der Waals surface area contributed by atoms with Crippen LogP contribution in [0.1, 0.15) is 39.5 Å². The van der Waals surface area contributed by atoms with E-state index in [4.69, 9.17) is 5.73 Å². The summed E-state index contributed by atoms with van der Waals surface area (Å²) in [7, 11) is 1.58. The Hall–Kier alpha value is -1.10. The Balaban J connectivity index is 4.17. The zero-order valence-electron chi connectivity index (χ0n) is 11.9. The molecule has 2 amide bonds. The molecule has 0 radical (unpaired) electrons. The molecule has 0 bridgehead atoms. The van der Waals surface area contributed by atoms with Crippen molar-refractivity contribution in [1.82, 2.24) is 10.2 Å². The van der Waals surface area contributed by atoms with E-state index >= 15 is 0 Å². The molecule has 0 aromatic carbocycles. The van der Waals surface area contributed by atoms with E-state index in [9.17, 15) is 9.59 Å². The zero-order valence-corrected chi connectivity index (χ0v) is 11.9. The van der Waals surface area contributed by atoms with Gasteiger partial charge in [-0.2, -0.15) is 0 Å². The van der Waals surface area contributed by atoms with Gasteiger partial charge in [-0.25, -0.2) is 0 Å². The molecule has 5 nitrogen and oxygen atoms in total. The molecular weight excluding hydrogens is 230 g/mol. The second kappa shape index (κ2) is 9.88. The molecule has 0 saturated heterocycles. The molecule has 1 atom stereocenters. The summed E-state index contributed by atoms with van der Waals surface area (Å²) in [6.07, 6.45) is 3.14. The number of amides is 2. The molecular formula is C13H27N3O2. The monoisotopic (exact) mass is 257 g/mol. The van der Waals surface area contributed by atoms with Crippen LogP contribution in [0.3, 0.4) is 0 Å². The molecule has 0 aliphatic rings. The van der Waals surface area contributed by atoms with Crippen molar-refractivity contribution in [2.24, 2.45) is 11.7 Å². The average Bonchev–Trinajstić information content (AvgIpc) is 2.35. The molecule has 0 saturated carbocycles. The van der Waals surface area contributed by atoms with Gasteiger partial charge in [-0.1, -0.05) is 13.8 Å². The zero-order chi connectivity index (χ0) is 14.0. The Kier molecular flexibility index (Phi) is 9.28. The lowest BCUT2D eigenvalue weighted by atomic mass is 10.0. The van der Waals surface area contributed by atoms with Gasteiger partial charge in [0, 0.05) is 20.0 Å². The predicted molar refractivity (Wildman–Crippen MR) is 73.0 cm³/mol. The maximum atomic E-state index is 12.0. The standard InChI is InChI=1S/C13H27N3O2/c1-4-9-16(10-12(17)15-3)13(18)6-5-11(2)7-8-14/h11H,4-10,14H2,1-3H3,(H,15,17). The van der Waals surface area contributed by atoms with Crippen LogP contribution in [0, 0.1) is 5.92 Å². The van der Waals surface area contributed by atoms with Gasteiger partial charge in [-0.05, 0) is 31.7 Å². The largest absolute Gasteiger partial charge is 0.358 e. The van der Waals surface area contributed by atoms with Gasteiger partial charge in [-0.3, -0.25) is 9.59 Å². The highest BCUT2D eigenvalue weighted by molar-refractivity contribution is 5.84. The van der Waals surface area contributed by atoms with Crippen molar-refractivity contribution in [2.75, 3.05) is 26.7 Å². The van der Waals surface area contributed by atoms with Gasteiger partial charge in [-0.15, -0.1) is 0 Å². The van der Waals surface area contributed by atoms with Crippen LogP contribution >= 0.6 is 0 Å². The summed E-state index contributed by atoms with van der Waals surface area (Å²) in [6, 6.07) is 0. The van der Waals surface area contributed by atoms with Crippen molar-refractivity contribution in [3.05, 3.63) is 0 Å². The van der Waals surface area contributed by atoms with E-state index < -0.39 is 0 Å². The maximum Gasteiger partial charge on any atom is 0.239 e. The number of carbonyl (C=O) groups excluding carboxylic acids is 2. The number of nitrogens with two attached hydrogens (primary N) is 1. The number of hydrogen-bond acceptors (Lipinski definition) is 3. The maximum absolute atomic E-state index is 12.0. The van der Waals surface area contributed by atoms with Crippen LogP contribution in [0.4, 0.5) is 0 Å². The minimum absolute atomic E-state index is 0.0596. The van der Waals surface area contributed by atoms with E-state index in [1.165, 1.54) is 0 Å². The lowest BCUT2D eigenvalue weighted by Gasteiger charge is -2.22. The van der Waals surface area contributed by atoms with Gasteiger partial charge in [0.1, 0.15) is 0 Å². The smallest absolute Gasteiger partial charge is 0.239 e. The minimum Gasteiger partial charge on any atom is -0.358 e. The fraction of sp³-hybridized carbons (Fsp3) is 0.846. The molecule has 106 valence electrons.